The van der Waals surface area contributed by atoms with Gasteiger partial charge in [-0.05, 0) is 12.5 Å². The third kappa shape index (κ3) is 1.83. The highest BCUT2D eigenvalue weighted by atomic mass is 16.6. The molecule has 2 rings (SSSR count). The van der Waals surface area contributed by atoms with Crippen LogP contribution in [0.1, 0.15) is 35.4 Å². The van der Waals surface area contributed by atoms with Gasteiger partial charge in [-0.3, -0.25) is 0 Å². The van der Waals surface area contributed by atoms with E-state index in [9.17, 15) is 4.79 Å². The normalized spacial score (nSPS) is 20.4. The fourth-order valence-corrected chi connectivity index (χ4v) is 2.16. The zero-order chi connectivity index (χ0) is 11.5. The summed E-state index contributed by atoms with van der Waals surface area (Å²) in [6.45, 7) is 2.70. The zero-order valence-electron chi connectivity index (χ0n) is 9.60. The lowest BCUT2D eigenvalue weighted by molar-refractivity contribution is 0.00677. The van der Waals surface area contributed by atoms with Crippen LogP contribution in [0.2, 0.25) is 0 Å². The van der Waals surface area contributed by atoms with Gasteiger partial charge in [0.25, 0.3) is 0 Å². The van der Waals surface area contributed by atoms with Gasteiger partial charge in [0.1, 0.15) is 6.10 Å². The predicted octanol–water partition coefficient (Wildman–Crippen LogP) is 2.57. The maximum absolute atomic E-state index is 11.6. The highest BCUT2D eigenvalue weighted by Crippen LogP contribution is 2.37. The first-order chi connectivity index (χ1) is 7.77. The van der Waals surface area contributed by atoms with Crippen LogP contribution in [0.25, 0.3) is 0 Å². The van der Waals surface area contributed by atoms with Crippen LogP contribution in [0.3, 0.4) is 0 Å². The smallest absolute Gasteiger partial charge is 0.339 e. The summed E-state index contributed by atoms with van der Waals surface area (Å²) < 4.78 is 10.6. The number of benzene rings is 1. The van der Waals surface area contributed by atoms with Crippen molar-refractivity contribution in [2.24, 2.45) is 5.92 Å². The molecule has 0 aromatic heterocycles. The molecule has 16 heavy (non-hydrogen) atoms. The SMILES string of the molecule is CCC(COC)C1OC(=O)c2ccccc21. The molecule has 2 atom stereocenters. The summed E-state index contributed by atoms with van der Waals surface area (Å²) >= 11 is 0. The summed E-state index contributed by atoms with van der Waals surface area (Å²) in [4.78, 5) is 11.6. The molecule has 0 bridgehead atoms. The number of hydrogen-bond donors (Lipinski definition) is 0. The molecule has 0 saturated heterocycles. The van der Waals surface area contributed by atoms with Crippen molar-refractivity contribution in [3.63, 3.8) is 0 Å². The number of hydrogen-bond acceptors (Lipinski definition) is 3. The predicted molar refractivity (Wildman–Crippen MR) is 60.3 cm³/mol. The minimum Gasteiger partial charge on any atom is -0.453 e. The van der Waals surface area contributed by atoms with Crippen LogP contribution in [0, 0.1) is 5.92 Å². The van der Waals surface area contributed by atoms with E-state index in [1.807, 2.05) is 24.3 Å². The summed E-state index contributed by atoms with van der Waals surface area (Å²) in [6.07, 6.45) is 0.786. The number of cyclic esters (lactones) is 1. The fraction of sp³-hybridized carbons (Fsp3) is 0.462. The first-order valence-corrected chi connectivity index (χ1v) is 5.56. The Morgan fingerprint density at radius 3 is 2.88 bits per heavy atom. The Kier molecular flexibility index (Phi) is 3.25. The molecule has 0 N–H and O–H groups in total. The second-order valence-corrected chi connectivity index (χ2v) is 4.04. The Balaban J connectivity index is 2.28. The van der Waals surface area contributed by atoms with Crippen molar-refractivity contribution >= 4 is 5.97 Å². The Morgan fingerprint density at radius 2 is 2.19 bits per heavy atom. The number of carbonyl (C=O) groups is 1. The molecule has 1 aliphatic rings. The average Bonchev–Trinajstić information content (AvgIpc) is 2.65. The van der Waals surface area contributed by atoms with Gasteiger partial charge in [0.15, 0.2) is 0 Å². The summed E-state index contributed by atoms with van der Waals surface area (Å²) in [6, 6.07) is 7.58. The summed E-state index contributed by atoms with van der Waals surface area (Å²) in [7, 11) is 1.67. The Hall–Kier alpha value is -1.35. The van der Waals surface area contributed by atoms with Crippen LogP contribution in [-0.2, 0) is 9.47 Å². The lowest BCUT2D eigenvalue weighted by atomic mass is 9.93. The van der Waals surface area contributed by atoms with Crippen molar-refractivity contribution < 1.29 is 14.3 Å². The molecule has 0 saturated carbocycles. The maximum Gasteiger partial charge on any atom is 0.339 e. The van der Waals surface area contributed by atoms with E-state index >= 15 is 0 Å². The second-order valence-electron chi connectivity index (χ2n) is 4.04. The molecule has 0 radical (unpaired) electrons. The number of esters is 1. The third-order valence-corrected chi connectivity index (χ3v) is 3.05. The molecule has 2 unspecified atom stereocenters. The highest BCUT2D eigenvalue weighted by Gasteiger charge is 2.35. The molecule has 1 heterocycles. The van der Waals surface area contributed by atoms with Crippen molar-refractivity contribution in [3.8, 4) is 0 Å². The second kappa shape index (κ2) is 4.66. The number of carbonyl (C=O) groups excluding carboxylic acids is 1. The topological polar surface area (TPSA) is 35.5 Å². The molecule has 3 nitrogen and oxygen atoms in total. The van der Waals surface area contributed by atoms with E-state index in [1.54, 1.807) is 7.11 Å². The largest absolute Gasteiger partial charge is 0.453 e. The van der Waals surface area contributed by atoms with E-state index < -0.39 is 0 Å². The fourth-order valence-electron chi connectivity index (χ4n) is 2.16. The average molecular weight is 220 g/mol. The van der Waals surface area contributed by atoms with Crippen LogP contribution in [0.4, 0.5) is 0 Å². The lowest BCUT2D eigenvalue weighted by Gasteiger charge is -2.20. The first-order valence-electron chi connectivity index (χ1n) is 5.56. The van der Waals surface area contributed by atoms with Crippen molar-refractivity contribution in [2.75, 3.05) is 13.7 Å². The monoisotopic (exact) mass is 220 g/mol. The number of rotatable bonds is 4. The minimum absolute atomic E-state index is 0.145. The van der Waals surface area contributed by atoms with E-state index in [0.717, 1.165) is 12.0 Å². The van der Waals surface area contributed by atoms with E-state index in [2.05, 4.69) is 6.92 Å². The molecule has 1 aromatic rings. The van der Waals surface area contributed by atoms with Crippen molar-refractivity contribution in [1.82, 2.24) is 0 Å². The van der Waals surface area contributed by atoms with E-state index in [-0.39, 0.29) is 18.0 Å². The van der Waals surface area contributed by atoms with E-state index in [4.69, 9.17) is 9.47 Å². The standard InChI is InChI=1S/C13H16O3/c1-3-9(8-15-2)12-10-6-4-5-7-11(10)13(14)16-12/h4-7,9,12H,3,8H2,1-2H3. The summed E-state index contributed by atoms with van der Waals surface area (Å²) in [5.74, 6) is 0.0211. The maximum atomic E-state index is 11.6. The minimum atomic E-state index is -0.213. The lowest BCUT2D eigenvalue weighted by Crippen LogP contribution is -2.17. The van der Waals surface area contributed by atoms with Gasteiger partial charge in [0, 0.05) is 18.6 Å². The number of fused-ring (bicyclic) bond motifs is 1. The van der Waals surface area contributed by atoms with Gasteiger partial charge in [0.05, 0.1) is 12.2 Å². The molecular weight excluding hydrogens is 204 g/mol. The third-order valence-electron chi connectivity index (χ3n) is 3.05. The number of methoxy groups -OCH3 is 1. The van der Waals surface area contributed by atoms with Gasteiger partial charge in [0.2, 0.25) is 0 Å². The van der Waals surface area contributed by atoms with Crippen LogP contribution >= 0.6 is 0 Å². The van der Waals surface area contributed by atoms with Gasteiger partial charge >= 0.3 is 5.97 Å². The molecule has 0 spiro atoms. The van der Waals surface area contributed by atoms with Gasteiger partial charge in [-0.2, -0.15) is 0 Å². The Labute approximate surface area is 95.4 Å². The number of ether oxygens (including phenoxy) is 2. The van der Waals surface area contributed by atoms with Crippen LogP contribution in [0.5, 0.6) is 0 Å². The molecule has 0 aliphatic carbocycles. The van der Waals surface area contributed by atoms with Gasteiger partial charge in [-0.1, -0.05) is 25.1 Å². The zero-order valence-corrected chi connectivity index (χ0v) is 9.60. The van der Waals surface area contributed by atoms with Crippen molar-refractivity contribution in [3.05, 3.63) is 35.4 Å². The van der Waals surface area contributed by atoms with Crippen LogP contribution < -0.4 is 0 Å². The van der Waals surface area contributed by atoms with Gasteiger partial charge in [-0.15, -0.1) is 0 Å². The van der Waals surface area contributed by atoms with Gasteiger partial charge < -0.3 is 9.47 Å². The van der Waals surface area contributed by atoms with E-state index in [0.29, 0.717) is 12.2 Å². The molecule has 86 valence electrons. The van der Waals surface area contributed by atoms with E-state index in [1.165, 1.54) is 0 Å². The Bertz CT molecular complexity index is 387. The van der Waals surface area contributed by atoms with Crippen LogP contribution in [0.15, 0.2) is 24.3 Å². The molecule has 0 fully saturated rings. The molecular formula is C13H16O3. The highest BCUT2D eigenvalue weighted by molar-refractivity contribution is 5.94. The van der Waals surface area contributed by atoms with Crippen LogP contribution in [-0.4, -0.2) is 19.7 Å². The van der Waals surface area contributed by atoms with Crippen molar-refractivity contribution in [1.29, 1.82) is 0 Å². The summed E-state index contributed by atoms with van der Waals surface area (Å²) in [5, 5.41) is 0. The molecule has 3 heteroatoms. The molecule has 1 aromatic carbocycles. The molecule has 0 amide bonds. The Morgan fingerprint density at radius 1 is 1.44 bits per heavy atom. The molecule has 1 aliphatic heterocycles. The van der Waals surface area contributed by atoms with Gasteiger partial charge in [-0.25, -0.2) is 4.79 Å². The summed E-state index contributed by atoms with van der Waals surface area (Å²) in [5.41, 5.74) is 1.69. The van der Waals surface area contributed by atoms with Crippen molar-refractivity contribution in [2.45, 2.75) is 19.4 Å². The first kappa shape index (κ1) is 11.1. The quantitative estimate of drug-likeness (QED) is 0.731.